The summed E-state index contributed by atoms with van der Waals surface area (Å²) in [4.78, 5) is 24.9. The molecule has 3 atom stereocenters. The Kier molecular flexibility index (Phi) is 4.20. The van der Waals surface area contributed by atoms with E-state index in [2.05, 4.69) is 20.2 Å². The second-order valence-electron chi connectivity index (χ2n) is 7.04. The quantitative estimate of drug-likeness (QED) is 0.673. The second-order valence-corrected chi connectivity index (χ2v) is 7.47. The van der Waals surface area contributed by atoms with E-state index in [1.807, 2.05) is 29.2 Å². The monoisotopic (exact) mass is 396 g/mol. The van der Waals surface area contributed by atoms with Crippen LogP contribution >= 0.6 is 11.6 Å². The molecule has 2 aliphatic rings. The minimum absolute atomic E-state index is 0.00425. The average molecular weight is 397 g/mol. The van der Waals surface area contributed by atoms with Crippen LogP contribution in [0.3, 0.4) is 0 Å². The van der Waals surface area contributed by atoms with E-state index in [-0.39, 0.29) is 24.1 Å². The Balaban J connectivity index is 1.39. The molecule has 0 spiro atoms. The van der Waals surface area contributed by atoms with Gasteiger partial charge in [0.15, 0.2) is 0 Å². The highest BCUT2D eigenvalue weighted by molar-refractivity contribution is 6.30. The van der Waals surface area contributed by atoms with Crippen LogP contribution in [0.1, 0.15) is 23.2 Å². The topological polar surface area (TPSA) is 86.0 Å². The van der Waals surface area contributed by atoms with Gasteiger partial charge in [0.1, 0.15) is 6.10 Å². The molecule has 3 aromatic rings. The van der Waals surface area contributed by atoms with E-state index in [4.69, 9.17) is 16.3 Å². The number of ether oxygens (including phenoxy) is 1. The van der Waals surface area contributed by atoms with Crippen LogP contribution in [0.2, 0.25) is 5.02 Å². The van der Waals surface area contributed by atoms with Crippen LogP contribution in [0.25, 0.3) is 5.69 Å². The van der Waals surface area contributed by atoms with Crippen molar-refractivity contribution in [1.82, 2.24) is 29.9 Å². The van der Waals surface area contributed by atoms with Crippen LogP contribution < -0.4 is 4.74 Å². The largest absolute Gasteiger partial charge is 0.458 e. The van der Waals surface area contributed by atoms with Gasteiger partial charge in [0.2, 0.25) is 0 Å². The Bertz CT molecular complexity index is 994. The van der Waals surface area contributed by atoms with Gasteiger partial charge in [0.05, 0.1) is 47.1 Å². The first-order valence-corrected chi connectivity index (χ1v) is 9.48. The van der Waals surface area contributed by atoms with Crippen molar-refractivity contribution < 1.29 is 9.53 Å². The molecule has 1 saturated heterocycles. The van der Waals surface area contributed by atoms with Crippen molar-refractivity contribution >= 4 is 17.5 Å². The Labute approximate surface area is 166 Å². The van der Waals surface area contributed by atoms with Gasteiger partial charge in [-0.1, -0.05) is 23.7 Å². The third-order valence-electron chi connectivity index (χ3n) is 5.31. The van der Waals surface area contributed by atoms with Crippen molar-refractivity contribution in [2.45, 2.75) is 25.0 Å². The van der Waals surface area contributed by atoms with Crippen molar-refractivity contribution in [3.63, 3.8) is 0 Å². The number of carbonyl (C=O) groups is 1. The Hall–Kier alpha value is -3.00. The predicted octanol–water partition coefficient (Wildman–Crippen LogP) is 2.39. The van der Waals surface area contributed by atoms with E-state index < -0.39 is 0 Å². The number of amides is 1. The molecule has 9 heteroatoms. The van der Waals surface area contributed by atoms with E-state index in [0.29, 0.717) is 22.2 Å². The fourth-order valence-corrected chi connectivity index (χ4v) is 4.24. The van der Waals surface area contributed by atoms with Gasteiger partial charge in [-0.15, -0.1) is 0 Å². The minimum atomic E-state index is -0.126. The van der Waals surface area contributed by atoms with E-state index >= 15 is 0 Å². The Morgan fingerprint density at radius 1 is 1.11 bits per heavy atom. The molecule has 5 rings (SSSR count). The summed E-state index contributed by atoms with van der Waals surface area (Å²) in [6.07, 6.45) is 7.89. The number of hydrogen-bond acceptors (Lipinski definition) is 6. The number of para-hydroxylation sites is 1. The molecule has 2 unspecified atom stereocenters. The fraction of sp³-hybridized carbons (Fsp3) is 0.316. The summed E-state index contributed by atoms with van der Waals surface area (Å²) < 4.78 is 5.98. The van der Waals surface area contributed by atoms with Crippen molar-refractivity contribution in [2.24, 2.45) is 5.92 Å². The van der Waals surface area contributed by atoms with E-state index in [0.717, 1.165) is 19.4 Å². The van der Waals surface area contributed by atoms with Gasteiger partial charge in [-0.2, -0.15) is 15.0 Å². The lowest BCUT2D eigenvalue weighted by molar-refractivity contribution is 0.0452. The maximum absolute atomic E-state index is 13.3. The summed E-state index contributed by atoms with van der Waals surface area (Å²) in [5.41, 5.74) is 1.24. The molecule has 2 bridgehead atoms. The first kappa shape index (κ1) is 17.1. The number of benzene rings is 1. The molecule has 0 N–H and O–H groups in total. The number of nitrogens with zero attached hydrogens (tertiary/aromatic N) is 6. The molecule has 2 aromatic heterocycles. The van der Waals surface area contributed by atoms with Crippen molar-refractivity contribution in [1.29, 1.82) is 0 Å². The standard InChI is InChI=1S/C19H17ClN6O2/c20-13-9-21-19(22-10-13)28-17-8-12-7-16(17)25(11-12)18(27)14-3-1-2-4-15(14)26-23-5-6-24-26/h1-6,9-10,12,16-17H,7-8,11H2/t12?,16?,17-/m0/s1. The van der Waals surface area contributed by atoms with Gasteiger partial charge in [0.25, 0.3) is 5.91 Å². The van der Waals surface area contributed by atoms with Crippen molar-refractivity contribution in [2.75, 3.05) is 6.54 Å². The van der Waals surface area contributed by atoms with Crippen molar-refractivity contribution in [3.8, 4) is 11.7 Å². The zero-order chi connectivity index (χ0) is 19.1. The smallest absolute Gasteiger partial charge is 0.316 e. The first-order chi connectivity index (χ1) is 13.7. The lowest BCUT2D eigenvalue weighted by Crippen LogP contribution is -2.47. The number of fused-ring (bicyclic) bond motifs is 2. The molecule has 1 aliphatic carbocycles. The highest BCUT2D eigenvalue weighted by Gasteiger charge is 2.48. The summed E-state index contributed by atoms with van der Waals surface area (Å²) in [5, 5.41) is 8.79. The van der Waals surface area contributed by atoms with Crippen LogP contribution in [0, 0.1) is 5.92 Å². The summed E-state index contributed by atoms with van der Waals surface area (Å²) in [6, 6.07) is 7.66. The van der Waals surface area contributed by atoms with Crippen LogP contribution in [-0.2, 0) is 0 Å². The highest BCUT2D eigenvalue weighted by Crippen LogP contribution is 2.40. The molecule has 1 amide bonds. The zero-order valence-electron chi connectivity index (χ0n) is 14.8. The van der Waals surface area contributed by atoms with Crippen LogP contribution in [0.4, 0.5) is 0 Å². The molecule has 142 valence electrons. The predicted molar refractivity (Wildman–Crippen MR) is 100 cm³/mol. The summed E-state index contributed by atoms with van der Waals surface area (Å²) in [5.74, 6) is 0.381. The molecule has 1 aromatic carbocycles. The van der Waals surface area contributed by atoms with E-state index in [1.165, 1.54) is 17.2 Å². The van der Waals surface area contributed by atoms with E-state index in [9.17, 15) is 4.79 Å². The van der Waals surface area contributed by atoms with Gasteiger partial charge in [-0.3, -0.25) is 4.79 Å². The Morgan fingerprint density at radius 2 is 1.86 bits per heavy atom. The molecule has 28 heavy (non-hydrogen) atoms. The highest BCUT2D eigenvalue weighted by atomic mass is 35.5. The number of piperidine rings is 1. The fourth-order valence-electron chi connectivity index (χ4n) is 4.15. The average Bonchev–Trinajstić information content (AvgIpc) is 3.46. The Morgan fingerprint density at radius 3 is 2.61 bits per heavy atom. The molecule has 1 aliphatic heterocycles. The SMILES string of the molecule is O=C(c1ccccc1-n1nccn1)N1CC2CC1[C@@H](Oc1ncc(Cl)cn1)C2. The summed E-state index contributed by atoms with van der Waals surface area (Å²) >= 11 is 5.84. The first-order valence-electron chi connectivity index (χ1n) is 9.10. The maximum Gasteiger partial charge on any atom is 0.316 e. The molecular weight excluding hydrogens is 380 g/mol. The minimum Gasteiger partial charge on any atom is -0.458 e. The van der Waals surface area contributed by atoms with Crippen molar-refractivity contribution in [3.05, 3.63) is 59.6 Å². The summed E-state index contributed by atoms with van der Waals surface area (Å²) in [7, 11) is 0. The van der Waals surface area contributed by atoms with Gasteiger partial charge in [0, 0.05) is 6.54 Å². The molecule has 3 heterocycles. The van der Waals surface area contributed by atoms with Crippen LogP contribution in [0.15, 0.2) is 49.1 Å². The number of halogens is 1. The number of carbonyl (C=O) groups excluding carboxylic acids is 1. The van der Waals surface area contributed by atoms with Crippen LogP contribution in [-0.4, -0.2) is 54.5 Å². The lowest BCUT2D eigenvalue weighted by atomic mass is 10.1. The van der Waals surface area contributed by atoms with Gasteiger partial charge in [-0.05, 0) is 30.9 Å². The molecule has 0 radical (unpaired) electrons. The van der Waals surface area contributed by atoms with E-state index in [1.54, 1.807) is 12.4 Å². The number of rotatable bonds is 4. The summed E-state index contributed by atoms with van der Waals surface area (Å²) in [6.45, 7) is 0.728. The third-order valence-corrected chi connectivity index (χ3v) is 5.50. The second kappa shape index (κ2) is 6.87. The number of hydrogen-bond donors (Lipinski definition) is 0. The molecular formula is C19H17ClN6O2. The number of likely N-dealkylation sites (tertiary alicyclic amines) is 1. The molecule has 2 fully saturated rings. The normalized spacial score (nSPS) is 23.2. The third kappa shape index (κ3) is 2.99. The van der Waals surface area contributed by atoms with Gasteiger partial charge >= 0.3 is 6.01 Å². The zero-order valence-corrected chi connectivity index (χ0v) is 15.6. The van der Waals surface area contributed by atoms with Crippen LogP contribution in [0.5, 0.6) is 6.01 Å². The number of aromatic nitrogens is 5. The van der Waals surface area contributed by atoms with Gasteiger partial charge < -0.3 is 9.64 Å². The molecule has 8 nitrogen and oxygen atoms in total. The molecule has 1 saturated carbocycles. The maximum atomic E-state index is 13.3. The van der Waals surface area contributed by atoms with Gasteiger partial charge in [-0.25, -0.2) is 9.97 Å². The lowest BCUT2D eigenvalue weighted by Gasteiger charge is -2.33.